The highest BCUT2D eigenvalue weighted by Crippen LogP contribution is 2.24. The van der Waals surface area contributed by atoms with Gasteiger partial charge >= 0.3 is 5.97 Å². The minimum atomic E-state index is -0.967. The van der Waals surface area contributed by atoms with E-state index in [1.54, 1.807) is 30.3 Å². The number of anilines is 1. The standard InChI is InChI=1S/C15H13BrFNO2/c1-9(10-5-6-14(17)13(16)8-10)18-12-4-2-3-11(7-12)15(19)20/h2-9,18H,1H3,(H,19,20). The number of halogens is 2. The molecule has 0 heterocycles. The van der Waals surface area contributed by atoms with Crippen LogP contribution in [0.5, 0.6) is 0 Å². The van der Waals surface area contributed by atoms with Crippen LogP contribution in [0.4, 0.5) is 10.1 Å². The van der Waals surface area contributed by atoms with Crippen molar-refractivity contribution in [1.82, 2.24) is 0 Å². The van der Waals surface area contributed by atoms with E-state index in [0.29, 0.717) is 10.2 Å². The molecule has 0 aliphatic heterocycles. The lowest BCUT2D eigenvalue weighted by Gasteiger charge is -2.16. The Morgan fingerprint density at radius 3 is 2.70 bits per heavy atom. The Hall–Kier alpha value is -1.88. The SMILES string of the molecule is CC(Nc1cccc(C(=O)O)c1)c1ccc(F)c(Br)c1. The molecular weight excluding hydrogens is 325 g/mol. The number of nitrogens with one attached hydrogen (secondary N) is 1. The van der Waals surface area contributed by atoms with Crippen LogP contribution in [0.2, 0.25) is 0 Å². The molecule has 3 nitrogen and oxygen atoms in total. The van der Waals surface area contributed by atoms with E-state index in [9.17, 15) is 9.18 Å². The zero-order chi connectivity index (χ0) is 14.7. The summed E-state index contributed by atoms with van der Waals surface area (Å²) in [5.74, 6) is -1.28. The minimum absolute atomic E-state index is 0.0732. The van der Waals surface area contributed by atoms with Gasteiger partial charge in [-0.25, -0.2) is 9.18 Å². The van der Waals surface area contributed by atoms with Crippen molar-refractivity contribution >= 4 is 27.6 Å². The van der Waals surface area contributed by atoms with Gasteiger partial charge in [0.1, 0.15) is 5.82 Å². The van der Waals surface area contributed by atoms with E-state index in [1.807, 2.05) is 6.92 Å². The number of rotatable bonds is 4. The zero-order valence-corrected chi connectivity index (χ0v) is 12.3. The maximum absolute atomic E-state index is 13.2. The smallest absolute Gasteiger partial charge is 0.335 e. The molecule has 0 aromatic heterocycles. The van der Waals surface area contributed by atoms with Gasteiger partial charge in [0.25, 0.3) is 0 Å². The minimum Gasteiger partial charge on any atom is -0.478 e. The molecule has 0 aliphatic rings. The Balaban J connectivity index is 2.18. The number of carboxylic acid groups (broad SMARTS) is 1. The van der Waals surface area contributed by atoms with Crippen molar-refractivity contribution in [2.45, 2.75) is 13.0 Å². The molecule has 0 aliphatic carbocycles. The predicted molar refractivity (Wildman–Crippen MR) is 79.5 cm³/mol. The number of carbonyl (C=O) groups is 1. The summed E-state index contributed by atoms with van der Waals surface area (Å²) in [6, 6.07) is 11.3. The Kier molecular flexibility index (Phi) is 4.39. The van der Waals surface area contributed by atoms with Crippen LogP contribution in [-0.2, 0) is 0 Å². The van der Waals surface area contributed by atoms with Gasteiger partial charge in [-0.05, 0) is 58.7 Å². The van der Waals surface area contributed by atoms with E-state index in [4.69, 9.17) is 5.11 Å². The molecule has 2 aromatic rings. The van der Waals surface area contributed by atoms with Crippen molar-refractivity contribution in [2.24, 2.45) is 0 Å². The normalized spacial score (nSPS) is 11.9. The first-order chi connectivity index (χ1) is 9.47. The second-order valence-corrected chi connectivity index (χ2v) is 5.28. The van der Waals surface area contributed by atoms with Crippen molar-refractivity contribution in [3.8, 4) is 0 Å². The maximum Gasteiger partial charge on any atom is 0.335 e. The van der Waals surface area contributed by atoms with Gasteiger partial charge in [0.2, 0.25) is 0 Å². The first kappa shape index (κ1) is 14.5. The molecular formula is C15H13BrFNO2. The number of benzene rings is 2. The van der Waals surface area contributed by atoms with Gasteiger partial charge in [-0.1, -0.05) is 12.1 Å². The van der Waals surface area contributed by atoms with Crippen molar-refractivity contribution in [3.05, 3.63) is 63.9 Å². The quantitative estimate of drug-likeness (QED) is 0.865. The molecule has 0 saturated carbocycles. The fourth-order valence-corrected chi connectivity index (χ4v) is 2.25. The highest BCUT2D eigenvalue weighted by atomic mass is 79.9. The van der Waals surface area contributed by atoms with Crippen molar-refractivity contribution < 1.29 is 14.3 Å². The molecule has 2 rings (SSSR count). The summed E-state index contributed by atoms with van der Waals surface area (Å²) >= 11 is 3.15. The van der Waals surface area contributed by atoms with Gasteiger partial charge in [0, 0.05) is 11.7 Å². The average molecular weight is 338 g/mol. The predicted octanol–water partition coefficient (Wildman–Crippen LogP) is 4.46. The third kappa shape index (κ3) is 3.36. The molecule has 104 valence electrons. The van der Waals surface area contributed by atoms with Gasteiger partial charge in [-0.3, -0.25) is 0 Å². The summed E-state index contributed by atoms with van der Waals surface area (Å²) in [4.78, 5) is 10.9. The molecule has 2 aromatic carbocycles. The summed E-state index contributed by atoms with van der Waals surface area (Å²) in [5, 5.41) is 12.1. The largest absolute Gasteiger partial charge is 0.478 e. The second-order valence-electron chi connectivity index (χ2n) is 4.43. The van der Waals surface area contributed by atoms with Gasteiger partial charge < -0.3 is 10.4 Å². The summed E-state index contributed by atoms with van der Waals surface area (Å²) in [6.45, 7) is 1.92. The topological polar surface area (TPSA) is 49.3 Å². The van der Waals surface area contributed by atoms with Crippen LogP contribution in [0.25, 0.3) is 0 Å². The van der Waals surface area contributed by atoms with E-state index < -0.39 is 5.97 Å². The fourth-order valence-electron chi connectivity index (χ4n) is 1.86. The van der Waals surface area contributed by atoms with Crippen molar-refractivity contribution in [2.75, 3.05) is 5.32 Å². The number of hydrogen-bond donors (Lipinski definition) is 2. The zero-order valence-electron chi connectivity index (χ0n) is 10.7. The lowest BCUT2D eigenvalue weighted by atomic mass is 10.1. The first-order valence-electron chi connectivity index (χ1n) is 6.02. The van der Waals surface area contributed by atoms with Crippen molar-refractivity contribution in [1.29, 1.82) is 0 Å². The van der Waals surface area contributed by atoms with Gasteiger partial charge in [0.05, 0.1) is 10.0 Å². The Labute approximate surface area is 124 Å². The molecule has 5 heteroatoms. The lowest BCUT2D eigenvalue weighted by Crippen LogP contribution is -2.07. The summed E-state index contributed by atoms with van der Waals surface area (Å²) in [5.41, 5.74) is 1.83. The van der Waals surface area contributed by atoms with Gasteiger partial charge in [-0.2, -0.15) is 0 Å². The Morgan fingerprint density at radius 2 is 2.05 bits per heavy atom. The lowest BCUT2D eigenvalue weighted by molar-refractivity contribution is 0.0697. The number of aromatic carboxylic acids is 1. The van der Waals surface area contributed by atoms with Crippen molar-refractivity contribution in [3.63, 3.8) is 0 Å². The van der Waals surface area contributed by atoms with E-state index in [2.05, 4.69) is 21.2 Å². The van der Waals surface area contributed by atoms with Crippen LogP contribution in [0.15, 0.2) is 46.9 Å². The number of carboxylic acids is 1. The van der Waals surface area contributed by atoms with Crippen LogP contribution in [0.3, 0.4) is 0 Å². The first-order valence-corrected chi connectivity index (χ1v) is 6.81. The average Bonchev–Trinajstić information content (AvgIpc) is 2.42. The molecule has 1 atom stereocenters. The molecule has 2 N–H and O–H groups in total. The molecule has 0 spiro atoms. The fraction of sp³-hybridized carbons (Fsp3) is 0.133. The summed E-state index contributed by atoms with van der Waals surface area (Å²) in [7, 11) is 0. The maximum atomic E-state index is 13.2. The Bertz CT molecular complexity index is 646. The van der Waals surface area contributed by atoms with Crippen LogP contribution >= 0.6 is 15.9 Å². The molecule has 20 heavy (non-hydrogen) atoms. The van der Waals surface area contributed by atoms with Crippen LogP contribution in [0.1, 0.15) is 28.9 Å². The van der Waals surface area contributed by atoms with E-state index in [1.165, 1.54) is 12.1 Å². The van der Waals surface area contributed by atoms with E-state index >= 15 is 0 Å². The van der Waals surface area contributed by atoms with Crippen LogP contribution in [-0.4, -0.2) is 11.1 Å². The summed E-state index contributed by atoms with van der Waals surface area (Å²) < 4.78 is 13.6. The molecule has 0 saturated heterocycles. The number of hydrogen-bond acceptors (Lipinski definition) is 2. The molecule has 0 radical (unpaired) electrons. The summed E-state index contributed by atoms with van der Waals surface area (Å²) in [6.07, 6.45) is 0. The molecule has 0 amide bonds. The Morgan fingerprint density at radius 1 is 1.30 bits per heavy atom. The third-order valence-corrected chi connectivity index (χ3v) is 3.54. The highest BCUT2D eigenvalue weighted by molar-refractivity contribution is 9.10. The van der Waals surface area contributed by atoms with Gasteiger partial charge in [0.15, 0.2) is 0 Å². The second kappa shape index (κ2) is 6.05. The van der Waals surface area contributed by atoms with E-state index in [-0.39, 0.29) is 17.4 Å². The highest BCUT2D eigenvalue weighted by Gasteiger charge is 2.09. The third-order valence-electron chi connectivity index (χ3n) is 2.94. The van der Waals surface area contributed by atoms with Crippen LogP contribution in [0, 0.1) is 5.82 Å². The molecule has 0 fully saturated rings. The monoisotopic (exact) mass is 337 g/mol. The molecule has 0 bridgehead atoms. The van der Waals surface area contributed by atoms with Crippen LogP contribution < -0.4 is 5.32 Å². The molecule has 1 unspecified atom stereocenters. The van der Waals surface area contributed by atoms with Gasteiger partial charge in [-0.15, -0.1) is 0 Å². The van der Waals surface area contributed by atoms with E-state index in [0.717, 1.165) is 5.56 Å².